The summed E-state index contributed by atoms with van der Waals surface area (Å²) in [4.78, 5) is 24.2. The van der Waals surface area contributed by atoms with Crippen molar-refractivity contribution < 1.29 is 14.0 Å². The Morgan fingerprint density at radius 3 is 2.20 bits per heavy atom. The summed E-state index contributed by atoms with van der Waals surface area (Å²) in [7, 11) is 0. The van der Waals surface area contributed by atoms with Gasteiger partial charge in [-0.1, -0.05) is 36.4 Å². The molecular formula is C24H20FN3O2. The Kier molecular flexibility index (Phi) is 5.30. The van der Waals surface area contributed by atoms with E-state index in [1.54, 1.807) is 48.5 Å². The summed E-state index contributed by atoms with van der Waals surface area (Å²) >= 11 is 0. The van der Waals surface area contributed by atoms with Gasteiger partial charge >= 0.3 is 0 Å². The summed E-state index contributed by atoms with van der Waals surface area (Å²) in [6.07, 6.45) is 0. The Hall–Kier alpha value is -3.93. The highest BCUT2D eigenvalue weighted by atomic mass is 19.1. The van der Waals surface area contributed by atoms with E-state index in [4.69, 9.17) is 0 Å². The molecule has 30 heavy (non-hydrogen) atoms. The molecule has 4 aromatic rings. The number of rotatable bonds is 5. The molecule has 3 aromatic carbocycles. The van der Waals surface area contributed by atoms with Crippen molar-refractivity contribution in [3.05, 3.63) is 95.9 Å². The molecule has 1 aromatic heterocycles. The highest BCUT2D eigenvalue weighted by Gasteiger charge is 2.17. The van der Waals surface area contributed by atoms with E-state index in [0.717, 1.165) is 10.9 Å². The number of anilines is 2. The number of benzene rings is 3. The second kappa shape index (κ2) is 8.21. The minimum atomic E-state index is -0.310. The lowest BCUT2D eigenvalue weighted by molar-refractivity contribution is -0.114. The van der Waals surface area contributed by atoms with Crippen LogP contribution in [0.3, 0.4) is 0 Å². The molecule has 150 valence electrons. The topological polar surface area (TPSA) is 63.1 Å². The van der Waals surface area contributed by atoms with Gasteiger partial charge in [0.05, 0.1) is 6.54 Å². The Morgan fingerprint density at radius 2 is 1.50 bits per heavy atom. The van der Waals surface area contributed by atoms with Gasteiger partial charge in [0.25, 0.3) is 5.91 Å². The van der Waals surface area contributed by atoms with Crippen molar-refractivity contribution in [2.75, 3.05) is 10.6 Å². The van der Waals surface area contributed by atoms with Gasteiger partial charge in [-0.15, -0.1) is 0 Å². The number of fused-ring (bicyclic) bond motifs is 1. The van der Waals surface area contributed by atoms with Crippen LogP contribution in [0.15, 0.2) is 78.9 Å². The fourth-order valence-corrected chi connectivity index (χ4v) is 3.40. The monoisotopic (exact) mass is 401 g/mol. The second-order valence-corrected chi connectivity index (χ2v) is 6.98. The molecule has 0 bridgehead atoms. The summed E-state index contributed by atoms with van der Waals surface area (Å²) in [5, 5.41) is 6.46. The van der Waals surface area contributed by atoms with Crippen molar-refractivity contribution >= 4 is 34.1 Å². The van der Waals surface area contributed by atoms with Crippen LogP contribution < -0.4 is 10.6 Å². The Labute approximate surface area is 173 Å². The lowest BCUT2D eigenvalue weighted by Gasteiger charge is -2.12. The summed E-state index contributed by atoms with van der Waals surface area (Å²) in [5.74, 6) is -0.769. The van der Waals surface area contributed by atoms with Crippen LogP contribution in [0, 0.1) is 5.82 Å². The third-order valence-corrected chi connectivity index (χ3v) is 4.79. The molecule has 5 nitrogen and oxygen atoms in total. The zero-order chi connectivity index (χ0) is 21.1. The van der Waals surface area contributed by atoms with Crippen molar-refractivity contribution in [2.45, 2.75) is 13.5 Å². The molecule has 0 spiro atoms. The lowest BCUT2D eigenvalue weighted by atomic mass is 10.2. The zero-order valence-corrected chi connectivity index (χ0v) is 16.4. The third kappa shape index (κ3) is 4.07. The molecule has 2 N–H and O–H groups in total. The van der Waals surface area contributed by atoms with Gasteiger partial charge in [0.1, 0.15) is 11.5 Å². The molecule has 0 saturated carbocycles. The molecule has 0 unspecified atom stereocenters. The van der Waals surface area contributed by atoms with Gasteiger partial charge in [-0.3, -0.25) is 9.59 Å². The largest absolute Gasteiger partial charge is 0.332 e. The van der Waals surface area contributed by atoms with E-state index >= 15 is 0 Å². The summed E-state index contributed by atoms with van der Waals surface area (Å²) in [6.45, 7) is 1.68. The number of para-hydroxylation sites is 1. The highest BCUT2D eigenvalue weighted by molar-refractivity contribution is 6.06. The van der Waals surface area contributed by atoms with E-state index in [2.05, 4.69) is 10.6 Å². The van der Waals surface area contributed by atoms with Crippen LogP contribution in [0.4, 0.5) is 15.8 Å². The summed E-state index contributed by atoms with van der Waals surface area (Å²) < 4.78 is 16.1. The molecule has 6 heteroatoms. The maximum atomic E-state index is 14.2. The predicted octanol–water partition coefficient (Wildman–Crippen LogP) is 5.04. The molecule has 0 aliphatic carbocycles. The number of nitrogens with zero attached hydrogens (tertiary/aromatic N) is 1. The van der Waals surface area contributed by atoms with Crippen molar-refractivity contribution in [2.24, 2.45) is 0 Å². The zero-order valence-electron chi connectivity index (χ0n) is 16.4. The number of hydrogen-bond donors (Lipinski definition) is 2. The van der Waals surface area contributed by atoms with Gasteiger partial charge in [0.15, 0.2) is 0 Å². The van der Waals surface area contributed by atoms with E-state index in [-0.39, 0.29) is 24.2 Å². The van der Waals surface area contributed by atoms with Crippen LogP contribution in [-0.4, -0.2) is 16.4 Å². The van der Waals surface area contributed by atoms with E-state index in [9.17, 15) is 14.0 Å². The molecule has 2 amide bonds. The first kappa shape index (κ1) is 19.4. The predicted molar refractivity (Wildman–Crippen MR) is 116 cm³/mol. The SMILES string of the molecule is CC(=O)Nc1ccc(NC(=O)c2cc3ccccc3n2Cc2ccccc2F)cc1. The normalized spacial score (nSPS) is 10.7. The van der Waals surface area contributed by atoms with Crippen molar-refractivity contribution in [3.8, 4) is 0 Å². The Balaban J connectivity index is 1.65. The molecular weight excluding hydrogens is 381 g/mol. The summed E-state index contributed by atoms with van der Waals surface area (Å²) in [6, 6.07) is 22.8. The van der Waals surface area contributed by atoms with Gasteiger partial charge in [-0.25, -0.2) is 4.39 Å². The van der Waals surface area contributed by atoms with E-state index in [0.29, 0.717) is 22.6 Å². The molecule has 0 aliphatic heterocycles. The van der Waals surface area contributed by atoms with Crippen LogP contribution >= 0.6 is 0 Å². The highest BCUT2D eigenvalue weighted by Crippen LogP contribution is 2.23. The first-order valence-corrected chi connectivity index (χ1v) is 9.52. The first-order chi connectivity index (χ1) is 14.5. The Morgan fingerprint density at radius 1 is 0.867 bits per heavy atom. The van der Waals surface area contributed by atoms with Crippen molar-refractivity contribution in [3.63, 3.8) is 0 Å². The van der Waals surface area contributed by atoms with Gasteiger partial charge < -0.3 is 15.2 Å². The van der Waals surface area contributed by atoms with Gasteiger partial charge in [-0.05, 0) is 42.5 Å². The van der Waals surface area contributed by atoms with Crippen LogP contribution in [0.25, 0.3) is 10.9 Å². The van der Waals surface area contributed by atoms with Crippen LogP contribution in [0.2, 0.25) is 0 Å². The first-order valence-electron chi connectivity index (χ1n) is 9.52. The number of hydrogen-bond acceptors (Lipinski definition) is 2. The van der Waals surface area contributed by atoms with E-state index < -0.39 is 0 Å². The van der Waals surface area contributed by atoms with Gasteiger partial charge in [0, 0.05) is 34.8 Å². The number of nitrogens with one attached hydrogen (secondary N) is 2. The van der Waals surface area contributed by atoms with Crippen molar-refractivity contribution in [1.29, 1.82) is 0 Å². The molecule has 0 atom stereocenters. The molecule has 4 rings (SSSR count). The number of halogens is 1. The molecule has 0 radical (unpaired) electrons. The van der Waals surface area contributed by atoms with Crippen LogP contribution in [-0.2, 0) is 11.3 Å². The average Bonchev–Trinajstić information content (AvgIpc) is 3.09. The standard InChI is InChI=1S/C24H20FN3O2/c1-16(29)26-19-10-12-20(13-11-19)27-24(30)23-14-17-6-3-5-9-22(17)28(23)15-18-7-2-4-8-21(18)25/h2-14H,15H2,1H3,(H,26,29)(H,27,30). The minimum Gasteiger partial charge on any atom is -0.332 e. The fraction of sp³-hybridized carbons (Fsp3) is 0.0833. The molecule has 0 aliphatic rings. The minimum absolute atomic E-state index is 0.163. The number of aromatic nitrogens is 1. The van der Waals surface area contributed by atoms with Crippen LogP contribution in [0.5, 0.6) is 0 Å². The number of amides is 2. The molecule has 0 fully saturated rings. The maximum absolute atomic E-state index is 14.2. The lowest BCUT2D eigenvalue weighted by Crippen LogP contribution is -2.18. The second-order valence-electron chi connectivity index (χ2n) is 6.98. The van der Waals surface area contributed by atoms with Gasteiger partial charge in [-0.2, -0.15) is 0 Å². The quantitative estimate of drug-likeness (QED) is 0.492. The molecule has 0 saturated heterocycles. The smallest absolute Gasteiger partial charge is 0.272 e. The fourth-order valence-electron chi connectivity index (χ4n) is 3.40. The van der Waals surface area contributed by atoms with E-state index in [1.165, 1.54) is 13.0 Å². The number of carbonyl (C=O) groups is 2. The Bertz CT molecular complexity index is 1230. The van der Waals surface area contributed by atoms with Crippen molar-refractivity contribution in [1.82, 2.24) is 4.57 Å². The summed E-state index contributed by atoms with van der Waals surface area (Å²) in [5.41, 5.74) is 3.04. The maximum Gasteiger partial charge on any atom is 0.272 e. The van der Waals surface area contributed by atoms with Gasteiger partial charge in [0.2, 0.25) is 5.91 Å². The average molecular weight is 401 g/mol. The number of carbonyl (C=O) groups excluding carboxylic acids is 2. The van der Waals surface area contributed by atoms with E-state index in [1.807, 2.05) is 28.8 Å². The third-order valence-electron chi connectivity index (χ3n) is 4.79. The molecule has 1 heterocycles. The van der Waals surface area contributed by atoms with Crippen LogP contribution in [0.1, 0.15) is 23.0 Å².